The maximum Gasteiger partial charge on any atom is 0.139 e. The number of H-pyrrole nitrogens is 1. The minimum atomic E-state index is 0.952. The molecule has 0 fully saturated rings. The summed E-state index contributed by atoms with van der Waals surface area (Å²) in [6.07, 6.45) is 3.14. The van der Waals surface area contributed by atoms with Crippen molar-refractivity contribution in [2.75, 3.05) is 6.26 Å². The number of imidazole rings is 1. The van der Waals surface area contributed by atoms with Gasteiger partial charge >= 0.3 is 0 Å². The molecule has 0 amide bonds. The van der Waals surface area contributed by atoms with E-state index in [1.165, 1.54) is 16.0 Å². The second kappa shape index (κ2) is 5.10. The Hall–Kier alpha value is -1.74. The first-order valence-electron chi connectivity index (χ1n) is 6.44. The predicted octanol–water partition coefficient (Wildman–Crippen LogP) is 4.51. The highest BCUT2D eigenvalue weighted by molar-refractivity contribution is 7.98. The molecule has 0 atom stereocenters. The second-order valence-corrected chi connectivity index (χ2v) is 5.34. The van der Waals surface area contributed by atoms with Crippen LogP contribution in [0, 0.1) is 0 Å². The number of nitrogens with one attached hydrogen (secondary N) is 1. The average molecular weight is 268 g/mol. The Balaban J connectivity index is 2.15. The summed E-state index contributed by atoms with van der Waals surface area (Å²) in [5, 5.41) is 0. The summed E-state index contributed by atoms with van der Waals surface area (Å²) in [5.41, 5.74) is 4.65. The van der Waals surface area contributed by atoms with E-state index in [1.807, 2.05) is 0 Å². The molecule has 96 valence electrons. The minimum absolute atomic E-state index is 0.952. The standard InChI is InChI=1S/C16H16N2S/c1-3-11-8-9-13-14(10-11)18-16(17-13)12-6-4-5-7-15(12)19-2/h4-10H,3H2,1-2H3,(H,17,18). The molecule has 19 heavy (non-hydrogen) atoms. The zero-order valence-corrected chi connectivity index (χ0v) is 11.9. The molecule has 0 aliphatic heterocycles. The van der Waals surface area contributed by atoms with Gasteiger partial charge in [0, 0.05) is 10.5 Å². The maximum atomic E-state index is 4.70. The van der Waals surface area contributed by atoms with E-state index in [0.29, 0.717) is 0 Å². The molecule has 0 aliphatic carbocycles. The topological polar surface area (TPSA) is 28.7 Å². The number of hydrogen-bond donors (Lipinski definition) is 1. The summed E-state index contributed by atoms with van der Waals surface area (Å²) in [5.74, 6) is 0.952. The number of rotatable bonds is 3. The molecule has 2 aromatic carbocycles. The highest BCUT2D eigenvalue weighted by atomic mass is 32.2. The van der Waals surface area contributed by atoms with E-state index in [4.69, 9.17) is 4.98 Å². The zero-order valence-electron chi connectivity index (χ0n) is 11.1. The van der Waals surface area contributed by atoms with Crippen LogP contribution in [-0.4, -0.2) is 16.2 Å². The predicted molar refractivity (Wildman–Crippen MR) is 82.7 cm³/mol. The molecule has 1 N–H and O–H groups in total. The number of aryl methyl sites for hydroxylation is 1. The smallest absolute Gasteiger partial charge is 0.139 e. The van der Waals surface area contributed by atoms with Crippen LogP contribution in [0.15, 0.2) is 47.4 Å². The van der Waals surface area contributed by atoms with Crippen molar-refractivity contribution in [3.05, 3.63) is 48.0 Å². The summed E-state index contributed by atoms with van der Waals surface area (Å²) < 4.78 is 0. The largest absolute Gasteiger partial charge is 0.338 e. The van der Waals surface area contributed by atoms with Gasteiger partial charge in [0.05, 0.1) is 11.0 Å². The Morgan fingerprint density at radius 3 is 2.79 bits per heavy atom. The van der Waals surface area contributed by atoms with Gasteiger partial charge in [-0.15, -0.1) is 11.8 Å². The van der Waals surface area contributed by atoms with Crippen LogP contribution in [-0.2, 0) is 6.42 Å². The summed E-state index contributed by atoms with van der Waals surface area (Å²) in [6.45, 7) is 2.17. The summed E-state index contributed by atoms with van der Waals surface area (Å²) in [6, 6.07) is 14.8. The number of aromatic nitrogens is 2. The van der Waals surface area contributed by atoms with Crippen LogP contribution in [0.5, 0.6) is 0 Å². The van der Waals surface area contributed by atoms with Crippen molar-refractivity contribution in [2.24, 2.45) is 0 Å². The summed E-state index contributed by atoms with van der Waals surface area (Å²) in [7, 11) is 0. The van der Waals surface area contributed by atoms with Gasteiger partial charge in [-0.2, -0.15) is 0 Å². The van der Waals surface area contributed by atoms with Crippen molar-refractivity contribution in [1.29, 1.82) is 0 Å². The van der Waals surface area contributed by atoms with Gasteiger partial charge in [0.15, 0.2) is 0 Å². The van der Waals surface area contributed by atoms with Gasteiger partial charge in [0.25, 0.3) is 0 Å². The molecule has 0 spiro atoms. The molecule has 0 unspecified atom stereocenters. The van der Waals surface area contributed by atoms with Crippen LogP contribution in [0.25, 0.3) is 22.4 Å². The van der Waals surface area contributed by atoms with Gasteiger partial charge in [0.2, 0.25) is 0 Å². The van der Waals surface area contributed by atoms with E-state index >= 15 is 0 Å². The lowest BCUT2D eigenvalue weighted by molar-refractivity contribution is 1.14. The number of nitrogens with zero attached hydrogens (tertiary/aromatic N) is 1. The fraction of sp³-hybridized carbons (Fsp3) is 0.188. The molecule has 2 nitrogen and oxygen atoms in total. The maximum absolute atomic E-state index is 4.70. The Morgan fingerprint density at radius 2 is 2.00 bits per heavy atom. The van der Waals surface area contributed by atoms with E-state index in [1.54, 1.807) is 11.8 Å². The lowest BCUT2D eigenvalue weighted by Gasteiger charge is -2.02. The molecule has 1 heterocycles. The fourth-order valence-electron chi connectivity index (χ4n) is 2.24. The van der Waals surface area contributed by atoms with Crippen molar-refractivity contribution in [2.45, 2.75) is 18.2 Å². The number of fused-ring (bicyclic) bond motifs is 1. The van der Waals surface area contributed by atoms with Crippen LogP contribution in [0.1, 0.15) is 12.5 Å². The van der Waals surface area contributed by atoms with Crippen molar-refractivity contribution in [3.8, 4) is 11.4 Å². The lowest BCUT2D eigenvalue weighted by Crippen LogP contribution is -1.83. The van der Waals surface area contributed by atoms with Crippen LogP contribution in [0.4, 0.5) is 0 Å². The molecule has 3 heteroatoms. The van der Waals surface area contributed by atoms with Gasteiger partial charge in [-0.3, -0.25) is 0 Å². The lowest BCUT2D eigenvalue weighted by atomic mass is 10.1. The molecule has 0 aliphatic rings. The van der Waals surface area contributed by atoms with E-state index in [0.717, 1.165) is 23.3 Å². The molecule has 0 radical (unpaired) electrons. The van der Waals surface area contributed by atoms with Gasteiger partial charge in [-0.25, -0.2) is 4.98 Å². The molecular formula is C16H16N2S. The van der Waals surface area contributed by atoms with Crippen molar-refractivity contribution >= 4 is 22.8 Å². The Morgan fingerprint density at radius 1 is 1.16 bits per heavy atom. The molecule has 0 bridgehead atoms. The zero-order chi connectivity index (χ0) is 13.2. The normalized spacial score (nSPS) is 11.1. The van der Waals surface area contributed by atoms with Crippen LogP contribution in [0.3, 0.4) is 0 Å². The summed E-state index contributed by atoms with van der Waals surface area (Å²) >= 11 is 1.75. The second-order valence-electron chi connectivity index (χ2n) is 4.49. The molecular weight excluding hydrogens is 252 g/mol. The molecule has 0 saturated heterocycles. The van der Waals surface area contributed by atoms with E-state index in [-0.39, 0.29) is 0 Å². The first kappa shape index (κ1) is 12.3. The van der Waals surface area contributed by atoms with Crippen molar-refractivity contribution in [3.63, 3.8) is 0 Å². The number of thioether (sulfide) groups is 1. The first-order chi connectivity index (χ1) is 9.31. The SMILES string of the molecule is CCc1ccc2nc(-c3ccccc3SC)[nH]c2c1. The van der Waals surface area contributed by atoms with Gasteiger partial charge < -0.3 is 4.98 Å². The number of aromatic amines is 1. The molecule has 3 aromatic rings. The van der Waals surface area contributed by atoms with E-state index < -0.39 is 0 Å². The Labute approximate surface area is 117 Å². The highest BCUT2D eigenvalue weighted by Crippen LogP contribution is 2.29. The number of hydrogen-bond acceptors (Lipinski definition) is 2. The highest BCUT2D eigenvalue weighted by Gasteiger charge is 2.09. The van der Waals surface area contributed by atoms with E-state index in [9.17, 15) is 0 Å². The summed E-state index contributed by atoms with van der Waals surface area (Å²) in [4.78, 5) is 9.38. The van der Waals surface area contributed by atoms with Crippen LogP contribution in [0.2, 0.25) is 0 Å². The Kier molecular flexibility index (Phi) is 3.30. The van der Waals surface area contributed by atoms with Crippen LogP contribution >= 0.6 is 11.8 Å². The minimum Gasteiger partial charge on any atom is -0.338 e. The average Bonchev–Trinajstić information content (AvgIpc) is 2.89. The Bertz CT molecular complexity index is 716. The van der Waals surface area contributed by atoms with Gasteiger partial charge in [0.1, 0.15) is 5.82 Å². The van der Waals surface area contributed by atoms with E-state index in [2.05, 4.69) is 60.6 Å². The monoisotopic (exact) mass is 268 g/mol. The quantitative estimate of drug-likeness (QED) is 0.708. The molecule has 1 aromatic heterocycles. The van der Waals surface area contributed by atoms with Crippen LogP contribution < -0.4 is 0 Å². The third kappa shape index (κ3) is 2.26. The fourth-order valence-corrected chi connectivity index (χ4v) is 2.84. The molecule has 3 rings (SSSR count). The third-order valence-electron chi connectivity index (χ3n) is 3.32. The molecule has 0 saturated carbocycles. The first-order valence-corrected chi connectivity index (χ1v) is 7.66. The third-order valence-corrected chi connectivity index (χ3v) is 4.11. The number of benzene rings is 2. The van der Waals surface area contributed by atoms with Crippen molar-refractivity contribution in [1.82, 2.24) is 9.97 Å². The van der Waals surface area contributed by atoms with Gasteiger partial charge in [-0.1, -0.05) is 31.2 Å². The van der Waals surface area contributed by atoms with Gasteiger partial charge in [-0.05, 0) is 36.4 Å². The van der Waals surface area contributed by atoms with Crippen molar-refractivity contribution < 1.29 is 0 Å².